The highest BCUT2D eigenvalue weighted by Crippen LogP contribution is 2.26. The number of nitrogens with one attached hydrogen (secondary N) is 2. The lowest BCUT2D eigenvalue weighted by molar-refractivity contribution is 0.254. The predicted octanol–water partition coefficient (Wildman–Crippen LogP) is 4.29. The maximum Gasteiger partial charge on any atom is 0.318 e. The Morgan fingerprint density at radius 3 is 2.52 bits per heavy atom. The molecule has 0 heterocycles. The Bertz CT molecular complexity index is 729. The van der Waals surface area contributed by atoms with E-state index < -0.39 is 0 Å². The van der Waals surface area contributed by atoms with Gasteiger partial charge in [-0.1, -0.05) is 19.1 Å². The second-order valence-electron chi connectivity index (χ2n) is 5.70. The van der Waals surface area contributed by atoms with Gasteiger partial charge in [-0.05, 0) is 49.6 Å². The minimum Gasteiger partial charge on any atom is -0.494 e. The quantitative estimate of drug-likeness (QED) is 0.789. The first-order valence-electron chi connectivity index (χ1n) is 8.54. The van der Waals surface area contributed by atoms with Gasteiger partial charge in [0.15, 0.2) is 0 Å². The number of amides is 2. The molecule has 0 bridgehead atoms. The monoisotopic (exact) mass is 342 g/mol. The van der Waals surface area contributed by atoms with Crippen LogP contribution >= 0.6 is 0 Å². The van der Waals surface area contributed by atoms with Gasteiger partial charge in [0.05, 0.1) is 12.3 Å². The van der Waals surface area contributed by atoms with Crippen LogP contribution in [0.1, 0.15) is 30.5 Å². The van der Waals surface area contributed by atoms with Crippen LogP contribution in [-0.4, -0.2) is 19.7 Å². The van der Waals surface area contributed by atoms with Crippen molar-refractivity contribution in [1.29, 1.82) is 0 Å². The van der Waals surface area contributed by atoms with Crippen molar-refractivity contribution in [3.05, 3.63) is 53.1 Å². The Balaban J connectivity index is 2.18. The summed E-state index contributed by atoms with van der Waals surface area (Å²) in [6.07, 6.45) is 1.00. The van der Waals surface area contributed by atoms with Crippen molar-refractivity contribution < 1.29 is 14.3 Å². The molecule has 0 spiro atoms. The summed E-state index contributed by atoms with van der Waals surface area (Å²) in [5.41, 5.74) is 3.94. The molecule has 0 aliphatic carbocycles. The minimum absolute atomic E-state index is 0.279. The molecule has 0 unspecified atom stereocenters. The standard InChI is InChI=1S/C20H26N2O3/c1-5-15-7-10-19(14(3)11-15)25-13-16-8-9-17(24-6-2)12-18(16)22-20(23)21-4/h7-12H,5-6,13H2,1-4H3,(H2,21,22,23). The zero-order valence-corrected chi connectivity index (χ0v) is 15.3. The zero-order valence-electron chi connectivity index (χ0n) is 15.3. The molecule has 0 fully saturated rings. The fraction of sp³-hybridized carbons (Fsp3) is 0.350. The Labute approximate surface area is 149 Å². The lowest BCUT2D eigenvalue weighted by Crippen LogP contribution is -2.25. The molecule has 0 radical (unpaired) electrons. The number of hydrogen-bond donors (Lipinski definition) is 2. The van der Waals surface area contributed by atoms with Crippen LogP contribution < -0.4 is 20.1 Å². The van der Waals surface area contributed by atoms with E-state index >= 15 is 0 Å². The number of anilines is 1. The summed E-state index contributed by atoms with van der Waals surface area (Å²) in [4.78, 5) is 11.7. The number of benzene rings is 2. The summed E-state index contributed by atoms with van der Waals surface area (Å²) >= 11 is 0. The summed E-state index contributed by atoms with van der Waals surface area (Å²) in [5.74, 6) is 1.55. The van der Waals surface area contributed by atoms with Crippen LogP contribution in [0.15, 0.2) is 36.4 Å². The molecule has 2 aromatic rings. The first-order valence-corrected chi connectivity index (χ1v) is 8.54. The predicted molar refractivity (Wildman–Crippen MR) is 101 cm³/mol. The minimum atomic E-state index is -0.279. The molecule has 0 aromatic heterocycles. The van der Waals surface area contributed by atoms with Crippen molar-refractivity contribution in [1.82, 2.24) is 5.32 Å². The van der Waals surface area contributed by atoms with Gasteiger partial charge in [0.2, 0.25) is 0 Å². The Morgan fingerprint density at radius 1 is 1.08 bits per heavy atom. The van der Waals surface area contributed by atoms with Crippen LogP contribution in [0, 0.1) is 6.92 Å². The number of aryl methyl sites for hydroxylation is 2. The molecular formula is C20H26N2O3. The van der Waals surface area contributed by atoms with Crippen LogP contribution in [-0.2, 0) is 13.0 Å². The van der Waals surface area contributed by atoms with Crippen molar-refractivity contribution in [2.45, 2.75) is 33.8 Å². The van der Waals surface area contributed by atoms with Gasteiger partial charge in [-0.25, -0.2) is 4.79 Å². The van der Waals surface area contributed by atoms with Crippen LogP contribution in [0.25, 0.3) is 0 Å². The molecule has 0 aliphatic heterocycles. The van der Waals surface area contributed by atoms with Crippen LogP contribution in [0.4, 0.5) is 10.5 Å². The van der Waals surface area contributed by atoms with Crippen LogP contribution in [0.2, 0.25) is 0 Å². The highest BCUT2D eigenvalue weighted by molar-refractivity contribution is 5.90. The number of rotatable bonds is 7. The Morgan fingerprint density at radius 2 is 1.88 bits per heavy atom. The van der Waals surface area contributed by atoms with E-state index in [4.69, 9.17) is 9.47 Å². The summed E-state index contributed by atoms with van der Waals surface area (Å²) in [5, 5.41) is 5.37. The van der Waals surface area contributed by atoms with Gasteiger partial charge in [-0.15, -0.1) is 0 Å². The summed E-state index contributed by atoms with van der Waals surface area (Å²) in [6.45, 7) is 7.02. The van der Waals surface area contributed by atoms with E-state index in [1.165, 1.54) is 5.56 Å². The molecule has 0 aliphatic rings. The maximum atomic E-state index is 11.7. The normalized spacial score (nSPS) is 10.2. The number of carbonyl (C=O) groups is 1. The topological polar surface area (TPSA) is 59.6 Å². The van der Waals surface area contributed by atoms with Gasteiger partial charge in [0.25, 0.3) is 0 Å². The van der Waals surface area contributed by atoms with Crippen molar-refractivity contribution >= 4 is 11.7 Å². The van der Waals surface area contributed by atoms with Crippen molar-refractivity contribution in [3.63, 3.8) is 0 Å². The van der Waals surface area contributed by atoms with Crippen molar-refractivity contribution in [2.24, 2.45) is 0 Å². The summed E-state index contributed by atoms with van der Waals surface area (Å²) in [7, 11) is 1.58. The number of carbonyl (C=O) groups excluding carboxylic acids is 1. The van der Waals surface area contributed by atoms with Crippen molar-refractivity contribution in [3.8, 4) is 11.5 Å². The molecule has 2 rings (SSSR count). The van der Waals surface area contributed by atoms with E-state index in [-0.39, 0.29) is 6.03 Å². The third-order valence-corrected chi connectivity index (χ3v) is 3.90. The third-order valence-electron chi connectivity index (χ3n) is 3.90. The smallest absolute Gasteiger partial charge is 0.318 e. The lowest BCUT2D eigenvalue weighted by atomic mass is 10.1. The highest BCUT2D eigenvalue weighted by atomic mass is 16.5. The van der Waals surface area contributed by atoms with Gasteiger partial charge >= 0.3 is 6.03 Å². The molecule has 0 atom stereocenters. The third kappa shape index (κ3) is 5.14. The zero-order chi connectivity index (χ0) is 18.2. The van der Waals surface area contributed by atoms with Gasteiger partial charge < -0.3 is 20.1 Å². The lowest BCUT2D eigenvalue weighted by Gasteiger charge is -2.15. The van der Waals surface area contributed by atoms with Crippen LogP contribution in [0.5, 0.6) is 11.5 Å². The van der Waals surface area contributed by atoms with Crippen molar-refractivity contribution in [2.75, 3.05) is 19.0 Å². The Kier molecular flexibility index (Phi) is 6.69. The largest absolute Gasteiger partial charge is 0.494 e. The van der Waals surface area contributed by atoms with Crippen LogP contribution in [0.3, 0.4) is 0 Å². The van der Waals surface area contributed by atoms with E-state index in [0.29, 0.717) is 24.7 Å². The maximum absolute atomic E-state index is 11.7. The fourth-order valence-corrected chi connectivity index (χ4v) is 2.49. The molecule has 25 heavy (non-hydrogen) atoms. The molecule has 2 aromatic carbocycles. The molecule has 0 saturated heterocycles. The summed E-state index contributed by atoms with van der Waals surface area (Å²) < 4.78 is 11.5. The molecule has 2 amide bonds. The second-order valence-corrected chi connectivity index (χ2v) is 5.70. The number of ether oxygens (including phenoxy) is 2. The molecule has 5 heteroatoms. The fourth-order valence-electron chi connectivity index (χ4n) is 2.49. The first kappa shape index (κ1) is 18.6. The van der Waals surface area contributed by atoms with E-state index in [1.807, 2.05) is 38.1 Å². The molecule has 5 nitrogen and oxygen atoms in total. The summed E-state index contributed by atoms with van der Waals surface area (Å²) in [6, 6.07) is 11.5. The molecule has 0 saturated carbocycles. The average Bonchev–Trinajstić information content (AvgIpc) is 2.62. The first-order chi connectivity index (χ1) is 12.1. The van der Waals surface area contributed by atoms with Gasteiger partial charge in [0, 0.05) is 18.7 Å². The molecule has 2 N–H and O–H groups in total. The number of hydrogen-bond acceptors (Lipinski definition) is 3. The SMILES string of the molecule is CCOc1ccc(COc2ccc(CC)cc2C)c(NC(=O)NC)c1. The molecular weight excluding hydrogens is 316 g/mol. The average molecular weight is 342 g/mol. The van der Waals surface area contributed by atoms with E-state index in [2.05, 4.69) is 29.7 Å². The Hall–Kier alpha value is -2.69. The second kappa shape index (κ2) is 8.97. The van der Waals surface area contributed by atoms with Gasteiger partial charge in [-0.2, -0.15) is 0 Å². The van der Waals surface area contributed by atoms with Gasteiger partial charge in [0.1, 0.15) is 18.1 Å². The van der Waals surface area contributed by atoms with E-state index in [9.17, 15) is 4.79 Å². The molecule has 134 valence electrons. The van der Waals surface area contributed by atoms with Gasteiger partial charge in [-0.3, -0.25) is 0 Å². The van der Waals surface area contributed by atoms with E-state index in [0.717, 1.165) is 23.3 Å². The number of urea groups is 1. The highest BCUT2D eigenvalue weighted by Gasteiger charge is 2.09. The van der Waals surface area contributed by atoms with E-state index in [1.54, 1.807) is 7.05 Å².